The summed E-state index contributed by atoms with van der Waals surface area (Å²) in [4.78, 5) is 11.9. The van der Waals surface area contributed by atoms with Gasteiger partial charge in [0.05, 0.1) is 26.4 Å². The lowest BCUT2D eigenvalue weighted by Gasteiger charge is -2.32. The fraction of sp³-hybridized carbons (Fsp3) is 0.316. The normalized spacial score (nSPS) is 19.2. The number of fused-ring (bicyclic) bond motifs is 1. The number of carbonyl (C=O) groups excluding carboxylic acids is 1. The second kappa shape index (κ2) is 7.55. The second-order valence-corrected chi connectivity index (χ2v) is 6.04. The molecule has 1 aliphatic heterocycles. The lowest BCUT2D eigenvalue weighted by molar-refractivity contribution is -0.143. The van der Waals surface area contributed by atoms with Crippen molar-refractivity contribution in [1.82, 2.24) is 5.32 Å². The molecule has 3 rings (SSSR count). The average molecular weight is 343 g/mol. The van der Waals surface area contributed by atoms with Crippen molar-refractivity contribution in [3.8, 4) is 11.5 Å². The summed E-state index contributed by atoms with van der Waals surface area (Å²) in [6, 6.07) is 12.0. The number of phenols is 2. The maximum absolute atomic E-state index is 11.9. The summed E-state index contributed by atoms with van der Waals surface area (Å²) >= 11 is 0. The van der Waals surface area contributed by atoms with E-state index in [1.165, 1.54) is 19.2 Å². The summed E-state index contributed by atoms with van der Waals surface area (Å²) in [6.07, 6.45) is 0.380. The van der Waals surface area contributed by atoms with Crippen LogP contribution in [0.3, 0.4) is 0 Å². The summed E-state index contributed by atoms with van der Waals surface area (Å²) in [5, 5.41) is 22.8. The van der Waals surface area contributed by atoms with Crippen LogP contribution in [-0.4, -0.2) is 35.9 Å². The van der Waals surface area contributed by atoms with E-state index in [4.69, 9.17) is 9.47 Å². The molecule has 6 nitrogen and oxygen atoms in total. The van der Waals surface area contributed by atoms with E-state index in [0.29, 0.717) is 19.6 Å². The molecule has 0 saturated carbocycles. The standard InChI is InChI=1S/C19H21NO5/c1-24-19(23)15-7-13-8-17(21)18(22)9-14(13)16(20-15)11-25-10-12-5-3-2-4-6-12/h2-6,8-9,15-16,20-22H,7,10-11H2,1H3. The molecule has 132 valence electrons. The van der Waals surface area contributed by atoms with Gasteiger partial charge in [-0.25, -0.2) is 0 Å². The molecule has 1 aliphatic rings. The number of benzene rings is 2. The minimum atomic E-state index is -0.522. The SMILES string of the molecule is COC(=O)C1Cc2cc(O)c(O)cc2C(COCc2ccccc2)N1. The number of nitrogens with one attached hydrogen (secondary N) is 1. The Morgan fingerprint density at radius 2 is 1.92 bits per heavy atom. The molecule has 0 fully saturated rings. The van der Waals surface area contributed by atoms with Crippen LogP contribution < -0.4 is 5.32 Å². The Kier molecular flexibility index (Phi) is 5.21. The number of methoxy groups -OCH3 is 1. The Morgan fingerprint density at radius 3 is 2.64 bits per heavy atom. The molecule has 2 atom stereocenters. The number of phenolic OH excluding ortho intramolecular Hbond substituents is 2. The van der Waals surface area contributed by atoms with Crippen LogP contribution in [0, 0.1) is 0 Å². The highest BCUT2D eigenvalue weighted by Crippen LogP contribution is 2.35. The van der Waals surface area contributed by atoms with Crippen LogP contribution in [0.15, 0.2) is 42.5 Å². The molecule has 2 unspecified atom stereocenters. The monoisotopic (exact) mass is 343 g/mol. The molecule has 6 heteroatoms. The zero-order valence-electron chi connectivity index (χ0n) is 13.9. The van der Waals surface area contributed by atoms with E-state index in [1.807, 2.05) is 30.3 Å². The molecule has 25 heavy (non-hydrogen) atoms. The molecule has 0 amide bonds. The van der Waals surface area contributed by atoms with Crippen molar-refractivity contribution >= 4 is 5.97 Å². The number of ether oxygens (including phenoxy) is 2. The molecule has 0 aliphatic carbocycles. The minimum Gasteiger partial charge on any atom is -0.504 e. The molecule has 0 spiro atoms. The van der Waals surface area contributed by atoms with Gasteiger partial charge in [0, 0.05) is 0 Å². The van der Waals surface area contributed by atoms with E-state index in [1.54, 1.807) is 0 Å². The molecule has 0 saturated heterocycles. The topological polar surface area (TPSA) is 88.0 Å². The average Bonchev–Trinajstić information content (AvgIpc) is 2.63. The minimum absolute atomic E-state index is 0.190. The molecule has 2 aromatic carbocycles. The zero-order chi connectivity index (χ0) is 17.8. The quantitative estimate of drug-likeness (QED) is 0.569. The number of hydrogen-bond acceptors (Lipinski definition) is 6. The first-order valence-corrected chi connectivity index (χ1v) is 8.08. The fourth-order valence-corrected chi connectivity index (χ4v) is 3.05. The van der Waals surface area contributed by atoms with Crippen LogP contribution in [0.4, 0.5) is 0 Å². The zero-order valence-corrected chi connectivity index (χ0v) is 13.9. The van der Waals surface area contributed by atoms with Crippen LogP contribution in [-0.2, 0) is 27.3 Å². The van der Waals surface area contributed by atoms with E-state index in [2.05, 4.69) is 5.32 Å². The molecule has 0 aromatic heterocycles. The van der Waals surface area contributed by atoms with Crippen molar-refractivity contribution in [2.24, 2.45) is 0 Å². The van der Waals surface area contributed by atoms with E-state index >= 15 is 0 Å². The number of rotatable bonds is 5. The van der Waals surface area contributed by atoms with Gasteiger partial charge in [0.25, 0.3) is 0 Å². The lowest BCUT2D eigenvalue weighted by atomic mass is 9.90. The summed E-state index contributed by atoms with van der Waals surface area (Å²) in [5.74, 6) is -0.760. The largest absolute Gasteiger partial charge is 0.504 e. The van der Waals surface area contributed by atoms with Crippen molar-refractivity contribution in [2.45, 2.75) is 25.1 Å². The van der Waals surface area contributed by atoms with Crippen LogP contribution in [0.1, 0.15) is 22.7 Å². The number of esters is 1. The highest BCUT2D eigenvalue weighted by molar-refractivity contribution is 5.77. The van der Waals surface area contributed by atoms with Crippen molar-refractivity contribution in [2.75, 3.05) is 13.7 Å². The van der Waals surface area contributed by atoms with Crippen LogP contribution in [0.5, 0.6) is 11.5 Å². The van der Waals surface area contributed by atoms with Crippen LogP contribution in [0.25, 0.3) is 0 Å². The van der Waals surface area contributed by atoms with Gasteiger partial charge in [0.2, 0.25) is 0 Å². The molecule has 2 aromatic rings. The van der Waals surface area contributed by atoms with Crippen LogP contribution >= 0.6 is 0 Å². The molecular formula is C19H21NO5. The lowest BCUT2D eigenvalue weighted by Crippen LogP contribution is -2.46. The summed E-state index contributed by atoms with van der Waals surface area (Å²) in [6.45, 7) is 0.765. The molecule has 0 radical (unpaired) electrons. The summed E-state index contributed by atoms with van der Waals surface area (Å²) < 4.78 is 10.6. The Bertz CT molecular complexity index is 747. The number of carbonyl (C=O) groups is 1. The maximum atomic E-state index is 11.9. The Labute approximate surface area is 146 Å². The van der Waals surface area contributed by atoms with Gasteiger partial charge >= 0.3 is 5.97 Å². The van der Waals surface area contributed by atoms with Gasteiger partial charge in [-0.1, -0.05) is 30.3 Å². The van der Waals surface area contributed by atoms with Crippen molar-refractivity contribution in [3.63, 3.8) is 0 Å². The van der Waals surface area contributed by atoms with E-state index in [9.17, 15) is 15.0 Å². The van der Waals surface area contributed by atoms with E-state index < -0.39 is 6.04 Å². The third kappa shape index (κ3) is 3.92. The predicted molar refractivity (Wildman–Crippen MR) is 91.3 cm³/mol. The molecule has 0 bridgehead atoms. The second-order valence-electron chi connectivity index (χ2n) is 6.04. The number of hydrogen-bond donors (Lipinski definition) is 3. The Morgan fingerprint density at radius 1 is 1.20 bits per heavy atom. The van der Waals surface area contributed by atoms with Crippen molar-refractivity contribution < 1.29 is 24.5 Å². The van der Waals surface area contributed by atoms with Gasteiger partial charge < -0.3 is 19.7 Å². The number of aromatic hydroxyl groups is 2. The summed E-state index contributed by atoms with van der Waals surface area (Å²) in [5.41, 5.74) is 2.65. The molecule has 1 heterocycles. The Hall–Kier alpha value is -2.57. The first-order chi connectivity index (χ1) is 12.1. The third-order valence-electron chi connectivity index (χ3n) is 4.32. The van der Waals surface area contributed by atoms with Gasteiger partial charge in [-0.3, -0.25) is 10.1 Å². The molecular weight excluding hydrogens is 322 g/mol. The van der Waals surface area contributed by atoms with Crippen molar-refractivity contribution in [3.05, 3.63) is 59.2 Å². The van der Waals surface area contributed by atoms with Gasteiger partial charge in [-0.15, -0.1) is 0 Å². The van der Waals surface area contributed by atoms with Crippen LogP contribution in [0.2, 0.25) is 0 Å². The molecule has 3 N–H and O–H groups in total. The smallest absolute Gasteiger partial charge is 0.323 e. The summed E-state index contributed by atoms with van der Waals surface area (Å²) in [7, 11) is 1.34. The highest BCUT2D eigenvalue weighted by atomic mass is 16.5. The van der Waals surface area contributed by atoms with Crippen molar-refractivity contribution in [1.29, 1.82) is 0 Å². The first-order valence-electron chi connectivity index (χ1n) is 8.08. The van der Waals surface area contributed by atoms with E-state index in [0.717, 1.165) is 16.7 Å². The van der Waals surface area contributed by atoms with Gasteiger partial charge in [-0.2, -0.15) is 0 Å². The van der Waals surface area contributed by atoms with Gasteiger partial charge in [0.1, 0.15) is 6.04 Å². The predicted octanol–water partition coefficient (Wildman–Crippen LogP) is 2.04. The first kappa shape index (κ1) is 17.3. The van der Waals surface area contributed by atoms with Gasteiger partial charge in [-0.05, 0) is 35.2 Å². The highest BCUT2D eigenvalue weighted by Gasteiger charge is 2.32. The fourth-order valence-electron chi connectivity index (χ4n) is 3.05. The van der Waals surface area contributed by atoms with E-state index in [-0.39, 0.29) is 23.5 Å². The third-order valence-corrected chi connectivity index (χ3v) is 4.32. The maximum Gasteiger partial charge on any atom is 0.323 e. The van der Waals surface area contributed by atoms with Gasteiger partial charge in [0.15, 0.2) is 11.5 Å². The Balaban J connectivity index is 1.76.